The largest absolute Gasteiger partial charge is 0.462 e. The predicted molar refractivity (Wildman–Crippen MR) is 60.2 cm³/mol. The second-order valence-corrected chi connectivity index (χ2v) is 2.99. The number of esters is 1. The van der Waals surface area contributed by atoms with Crippen LogP contribution in [0.25, 0.3) is 0 Å². The third-order valence-corrected chi connectivity index (χ3v) is 1.81. The van der Waals surface area contributed by atoms with Crippen LogP contribution < -0.4 is 0 Å². The van der Waals surface area contributed by atoms with E-state index in [1.807, 2.05) is 6.92 Å². The highest BCUT2D eigenvalue weighted by molar-refractivity contribution is 5.89. The van der Waals surface area contributed by atoms with Crippen molar-refractivity contribution < 1.29 is 14.6 Å². The van der Waals surface area contributed by atoms with E-state index in [1.165, 1.54) is 0 Å². The van der Waals surface area contributed by atoms with Crippen LogP contribution in [0.3, 0.4) is 0 Å². The lowest BCUT2D eigenvalue weighted by atomic mass is 10.1. The van der Waals surface area contributed by atoms with Crippen molar-refractivity contribution in [1.82, 2.24) is 0 Å². The number of hydrogen-bond acceptors (Lipinski definition) is 3. The van der Waals surface area contributed by atoms with Gasteiger partial charge in [0.05, 0.1) is 18.8 Å². The van der Waals surface area contributed by atoms with Crippen molar-refractivity contribution in [3.05, 3.63) is 35.4 Å². The van der Waals surface area contributed by atoms with Crippen molar-refractivity contribution in [2.75, 3.05) is 6.61 Å². The molecule has 84 valence electrons. The highest BCUT2D eigenvalue weighted by atomic mass is 35.5. The van der Waals surface area contributed by atoms with Gasteiger partial charge in [-0.3, -0.25) is 0 Å². The number of hydrogen-bond donors (Lipinski definition) is 1. The Labute approximate surface area is 95.5 Å². The molecule has 0 aliphatic heterocycles. The summed E-state index contributed by atoms with van der Waals surface area (Å²) in [6, 6.07) is 6.73. The van der Waals surface area contributed by atoms with Gasteiger partial charge in [-0.15, -0.1) is 12.4 Å². The Hall–Kier alpha value is -1.06. The summed E-state index contributed by atoms with van der Waals surface area (Å²) in [5.74, 6) is -0.309. The predicted octanol–water partition coefficient (Wildman–Crippen LogP) is 2.17. The summed E-state index contributed by atoms with van der Waals surface area (Å²) in [4.78, 5) is 11.3. The quantitative estimate of drug-likeness (QED) is 0.807. The number of aliphatic hydroxyl groups excluding tert-OH is 1. The molecule has 0 atom stereocenters. The van der Waals surface area contributed by atoms with E-state index in [-0.39, 0.29) is 25.0 Å². The number of carbonyl (C=O) groups excluding carboxylic acids is 1. The standard InChI is InChI=1S/C11H14O3.ClH/c1-2-7-14-11(13)10-5-3-9(8-12)4-6-10;/h3-6,12H,2,7-8H2,1H3;1H. The van der Waals surface area contributed by atoms with Gasteiger partial charge in [-0.05, 0) is 24.1 Å². The van der Waals surface area contributed by atoms with E-state index in [9.17, 15) is 4.79 Å². The fourth-order valence-electron chi connectivity index (χ4n) is 1.02. The Bertz CT molecular complexity index is 295. The Morgan fingerprint density at radius 1 is 1.33 bits per heavy atom. The molecule has 0 radical (unpaired) electrons. The molecular weight excluding hydrogens is 216 g/mol. The third kappa shape index (κ3) is 4.32. The van der Waals surface area contributed by atoms with Crippen molar-refractivity contribution in [3.63, 3.8) is 0 Å². The summed E-state index contributed by atoms with van der Waals surface area (Å²) in [5, 5.41) is 8.79. The van der Waals surface area contributed by atoms with Crippen LogP contribution in [-0.2, 0) is 11.3 Å². The van der Waals surface area contributed by atoms with Gasteiger partial charge in [0.15, 0.2) is 0 Å². The SMILES string of the molecule is CCCOC(=O)c1ccc(CO)cc1.Cl. The van der Waals surface area contributed by atoms with Crippen LogP contribution in [0.15, 0.2) is 24.3 Å². The normalized spacial score (nSPS) is 9.20. The topological polar surface area (TPSA) is 46.5 Å². The Morgan fingerprint density at radius 2 is 1.93 bits per heavy atom. The molecule has 0 spiro atoms. The van der Waals surface area contributed by atoms with Gasteiger partial charge in [0.2, 0.25) is 0 Å². The molecule has 0 saturated heterocycles. The maximum Gasteiger partial charge on any atom is 0.338 e. The lowest BCUT2D eigenvalue weighted by Crippen LogP contribution is -2.05. The van der Waals surface area contributed by atoms with Crippen LogP contribution >= 0.6 is 12.4 Å². The molecule has 1 aromatic carbocycles. The van der Waals surface area contributed by atoms with Gasteiger partial charge < -0.3 is 9.84 Å². The van der Waals surface area contributed by atoms with Gasteiger partial charge in [-0.2, -0.15) is 0 Å². The molecule has 15 heavy (non-hydrogen) atoms. The van der Waals surface area contributed by atoms with Crippen LogP contribution in [0.2, 0.25) is 0 Å². The van der Waals surface area contributed by atoms with Gasteiger partial charge in [0.1, 0.15) is 0 Å². The molecular formula is C11H15ClO3. The first-order valence-corrected chi connectivity index (χ1v) is 4.65. The molecule has 1 rings (SSSR count). The molecule has 3 nitrogen and oxygen atoms in total. The second-order valence-electron chi connectivity index (χ2n) is 2.99. The third-order valence-electron chi connectivity index (χ3n) is 1.81. The minimum atomic E-state index is -0.309. The molecule has 0 heterocycles. The molecule has 4 heteroatoms. The van der Waals surface area contributed by atoms with E-state index in [0.29, 0.717) is 12.2 Å². The summed E-state index contributed by atoms with van der Waals surface area (Å²) in [6.45, 7) is 2.38. The van der Waals surface area contributed by atoms with E-state index >= 15 is 0 Å². The number of halogens is 1. The van der Waals surface area contributed by atoms with Crippen LogP contribution in [-0.4, -0.2) is 17.7 Å². The van der Waals surface area contributed by atoms with Gasteiger partial charge in [0.25, 0.3) is 0 Å². The number of carbonyl (C=O) groups is 1. The minimum Gasteiger partial charge on any atom is -0.462 e. The van der Waals surface area contributed by atoms with Crippen molar-refractivity contribution in [2.45, 2.75) is 20.0 Å². The highest BCUT2D eigenvalue weighted by Crippen LogP contribution is 2.05. The lowest BCUT2D eigenvalue weighted by Gasteiger charge is -2.03. The van der Waals surface area contributed by atoms with Gasteiger partial charge in [-0.25, -0.2) is 4.79 Å². The molecule has 0 aromatic heterocycles. The van der Waals surface area contributed by atoms with Crippen molar-refractivity contribution in [2.24, 2.45) is 0 Å². The fraction of sp³-hybridized carbons (Fsp3) is 0.364. The first-order valence-electron chi connectivity index (χ1n) is 4.65. The van der Waals surface area contributed by atoms with Crippen LogP contribution in [0, 0.1) is 0 Å². The van der Waals surface area contributed by atoms with E-state index in [2.05, 4.69) is 0 Å². The van der Waals surface area contributed by atoms with E-state index in [4.69, 9.17) is 9.84 Å². The molecule has 0 saturated carbocycles. The molecule has 1 aromatic rings. The molecule has 0 aliphatic carbocycles. The number of ether oxygens (including phenoxy) is 1. The summed E-state index contributed by atoms with van der Waals surface area (Å²) in [6.07, 6.45) is 0.820. The zero-order valence-electron chi connectivity index (χ0n) is 8.60. The van der Waals surface area contributed by atoms with Crippen LogP contribution in [0.1, 0.15) is 29.3 Å². The average Bonchev–Trinajstić information content (AvgIpc) is 2.26. The first-order chi connectivity index (χ1) is 6.77. The Morgan fingerprint density at radius 3 is 2.40 bits per heavy atom. The maximum absolute atomic E-state index is 11.3. The molecule has 1 N–H and O–H groups in total. The van der Waals surface area contributed by atoms with Gasteiger partial charge >= 0.3 is 5.97 Å². The van der Waals surface area contributed by atoms with E-state index < -0.39 is 0 Å². The first kappa shape index (κ1) is 13.9. The fourth-order valence-corrected chi connectivity index (χ4v) is 1.02. The number of aliphatic hydroxyl groups is 1. The maximum atomic E-state index is 11.3. The van der Waals surface area contributed by atoms with E-state index in [1.54, 1.807) is 24.3 Å². The molecule has 0 amide bonds. The summed E-state index contributed by atoms with van der Waals surface area (Å²) >= 11 is 0. The van der Waals surface area contributed by atoms with Gasteiger partial charge in [0, 0.05) is 0 Å². The minimum absolute atomic E-state index is 0. The van der Waals surface area contributed by atoms with Crippen LogP contribution in [0.4, 0.5) is 0 Å². The number of benzene rings is 1. The second kappa shape index (κ2) is 7.26. The smallest absolute Gasteiger partial charge is 0.338 e. The molecule has 0 unspecified atom stereocenters. The van der Waals surface area contributed by atoms with Crippen LogP contribution in [0.5, 0.6) is 0 Å². The average molecular weight is 231 g/mol. The highest BCUT2D eigenvalue weighted by Gasteiger charge is 2.05. The summed E-state index contributed by atoms with van der Waals surface area (Å²) in [5.41, 5.74) is 1.31. The molecule has 0 fully saturated rings. The van der Waals surface area contributed by atoms with Crippen molar-refractivity contribution >= 4 is 18.4 Å². The van der Waals surface area contributed by atoms with Gasteiger partial charge in [-0.1, -0.05) is 19.1 Å². The number of rotatable bonds is 4. The Kier molecular flexibility index (Phi) is 6.75. The molecule has 0 bridgehead atoms. The van der Waals surface area contributed by atoms with Crippen molar-refractivity contribution in [1.29, 1.82) is 0 Å². The zero-order chi connectivity index (χ0) is 10.4. The zero-order valence-corrected chi connectivity index (χ0v) is 9.42. The monoisotopic (exact) mass is 230 g/mol. The lowest BCUT2D eigenvalue weighted by molar-refractivity contribution is 0.0505. The summed E-state index contributed by atoms with van der Waals surface area (Å²) < 4.78 is 4.95. The molecule has 0 aliphatic rings. The Balaban J connectivity index is 0.00000196. The van der Waals surface area contributed by atoms with E-state index in [0.717, 1.165) is 12.0 Å². The van der Waals surface area contributed by atoms with Crippen molar-refractivity contribution in [3.8, 4) is 0 Å². The summed E-state index contributed by atoms with van der Waals surface area (Å²) in [7, 11) is 0.